The van der Waals surface area contributed by atoms with Crippen molar-refractivity contribution >= 4 is 57.0 Å². The number of carbonyl (C=O) groups excluding carboxylic acids is 2. The van der Waals surface area contributed by atoms with Crippen molar-refractivity contribution in [3.05, 3.63) is 82.0 Å². The van der Waals surface area contributed by atoms with Crippen molar-refractivity contribution in [2.24, 2.45) is 0 Å². The van der Waals surface area contributed by atoms with Crippen LogP contribution in [-0.2, 0) is 14.3 Å². The Morgan fingerprint density at radius 1 is 0.967 bits per heavy atom. The van der Waals surface area contributed by atoms with Gasteiger partial charge in [-0.1, -0.05) is 65.7 Å². The minimum Gasteiger partial charge on any atom is -0.383 e. The van der Waals surface area contributed by atoms with Gasteiger partial charge in [0, 0.05) is 28.8 Å². The van der Waals surface area contributed by atoms with E-state index in [1.165, 1.54) is 7.11 Å². The van der Waals surface area contributed by atoms with Crippen molar-refractivity contribution in [1.29, 1.82) is 0 Å². The Bertz CT molecular complexity index is 1180. The molecule has 5 nitrogen and oxygen atoms in total. The molecule has 0 spiro atoms. The first-order valence-electron chi connectivity index (χ1n) is 9.31. The van der Waals surface area contributed by atoms with Gasteiger partial charge >= 0.3 is 0 Å². The lowest BCUT2D eigenvalue weighted by Gasteiger charge is -2.15. The van der Waals surface area contributed by atoms with Crippen LogP contribution in [0.4, 0.5) is 5.69 Å². The highest BCUT2D eigenvalue weighted by atomic mass is 35.5. The van der Waals surface area contributed by atoms with Gasteiger partial charge in [-0.25, -0.2) is 0 Å². The number of imide groups is 1. The van der Waals surface area contributed by atoms with Gasteiger partial charge in [0.15, 0.2) is 0 Å². The molecule has 3 aromatic rings. The van der Waals surface area contributed by atoms with Crippen LogP contribution in [0, 0.1) is 0 Å². The summed E-state index contributed by atoms with van der Waals surface area (Å²) in [5.74, 6) is -0.852. The van der Waals surface area contributed by atoms with E-state index in [0.29, 0.717) is 15.6 Å². The Hall–Kier alpha value is -2.86. The van der Waals surface area contributed by atoms with Gasteiger partial charge in [-0.15, -0.1) is 0 Å². The van der Waals surface area contributed by atoms with E-state index < -0.39 is 11.8 Å². The standard InChI is InChI=1S/C23H18Cl2N2O3/c1-30-12-11-27-22(28)20(17-10-9-15(24)13-18(17)25)21(23(27)29)26-19-8-4-6-14-5-2-3-7-16(14)19/h2-10,13,26H,11-12H2,1H3. The van der Waals surface area contributed by atoms with E-state index in [4.69, 9.17) is 27.9 Å². The average Bonchev–Trinajstić information content (AvgIpc) is 2.96. The summed E-state index contributed by atoms with van der Waals surface area (Å²) in [6, 6.07) is 18.4. The van der Waals surface area contributed by atoms with Crippen molar-refractivity contribution in [3.8, 4) is 0 Å². The summed E-state index contributed by atoms with van der Waals surface area (Å²) in [4.78, 5) is 27.5. The van der Waals surface area contributed by atoms with E-state index in [9.17, 15) is 9.59 Å². The first-order valence-corrected chi connectivity index (χ1v) is 10.1. The number of methoxy groups -OCH3 is 1. The van der Waals surface area contributed by atoms with Crippen LogP contribution in [0.1, 0.15) is 5.56 Å². The summed E-state index contributed by atoms with van der Waals surface area (Å²) in [5, 5.41) is 5.89. The molecule has 0 radical (unpaired) electrons. The molecule has 0 saturated carbocycles. The highest BCUT2D eigenvalue weighted by Crippen LogP contribution is 2.36. The second kappa shape index (κ2) is 8.48. The largest absolute Gasteiger partial charge is 0.383 e. The van der Waals surface area contributed by atoms with E-state index in [1.807, 2.05) is 42.5 Å². The molecule has 7 heteroatoms. The Morgan fingerprint density at radius 2 is 1.73 bits per heavy atom. The van der Waals surface area contributed by atoms with E-state index in [2.05, 4.69) is 5.32 Å². The maximum atomic E-state index is 13.2. The number of amides is 2. The minimum absolute atomic E-state index is 0.142. The van der Waals surface area contributed by atoms with Gasteiger partial charge in [-0.2, -0.15) is 0 Å². The molecule has 2 amide bonds. The number of halogens is 2. The number of hydrogen-bond donors (Lipinski definition) is 1. The Morgan fingerprint density at radius 3 is 2.50 bits per heavy atom. The first kappa shape index (κ1) is 20.4. The SMILES string of the molecule is COCCN1C(=O)C(Nc2cccc3ccccc23)=C(c2ccc(Cl)cc2Cl)C1=O. The molecule has 0 fully saturated rings. The van der Waals surface area contributed by atoms with Crippen LogP contribution in [-0.4, -0.2) is 37.0 Å². The fourth-order valence-electron chi connectivity index (χ4n) is 3.49. The van der Waals surface area contributed by atoms with E-state index >= 15 is 0 Å². The van der Waals surface area contributed by atoms with E-state index in [-0.39, 0.29) is 24.4 Å². The number of benzene rings is 3. The van der Waals surface area contributed by atoms with Crippen LogP contribution in [0.15, 0.2) is 66.4 Å². The molecule has 4 rings (SSSR count). The Balaban J connectivity index is 1.85. The lowest BCUT2D eigenvalue weighted by atomic mass is 10.0. The van der Waals surface area contributed by atoms with Crippen molar-refractivity contribution in [2.75, 3.05) is 25.6 Å². The number of fused-ring (bicyclic) bond motifs is 1. The van der Waals surface area contributed by atoms with Crippen molar-refractivity contribution in [3.63, 3.8) is 0 Å². The van der Waals surface area contributed by atoms with Crippen LogP contribution in [0.5, 0.6) is 0 Å². The number of carbonyl (C=O) groups is 2. The van der Waals surface area contributed by atoms with Gasteiger partial charge in [0.25, 0.3) is 11.8 Å². The fourth-order valence-corrected chi connectivity index (χ4v) is 3.99. The predicted octanol–water partition coefficient (Wildman–Crippen LogP) is 4.99. The second-order valence-electron chi connectivity index (χ2n) is 6.78. The molecule has 0 unspecified atom stereocenters. The van der Waals surface area contributed by atoms with Crippen LogP contribution in [0.25, 0.3) is 16.3 Å². The van der Waals surface area contributed by atoms with Gasteiger partial charge in [0.1, 0.15) is 5.70 Å². The summed E-state index contributed by atoms with van der Waals surface area (Å²) >= 11 is 12.4. The third-order valence-electron chi connectivity index (χ3n) is 4.94. The number of nitrogens with zero attached hydrogens (tertiary/aromatic N) is 1. The molecule has 0 aromatic heterocycles. The first-order chi connectivity index (χ1) is 14.5. The maximum absolute atomic E-state index is 13.2. The molecule has 1 heterocycles. The summed E-state index contributed by atoms with van der Waals surface area (Å²) < 4.78 is 5.06. The third-order valence-corrected chi connectivity index (χ3v) is 5.48. The molecule has 30 heavy (non-hydrogen) atoms. The summed E-state index contributed by atoms with van der Waals surface area (Å²) in [7, 11) is 1.52. The third kappa shape index (κ3) is 3.67. The number of rotatable bonds is 6. The molecular weight excluding hydrogens is 423 g/mol. The van der Waals surface area contributed by atoms with Gasteiger partial charge in [0.2, 0.25) is 0 Å². The molecule has 152 valence electrons. The Kier molecular flexibility index (Phi) is 5.77. The lowest BCUT2D eigenvalue weighted by molar-refractivity contribution is -0.137. The highest BCUT2D eigenvalue weighted by Gasteiger charge is 2.39. The van der Waals surface area contributed by atoms with Crippen molar-refractivity contribution in [1.82, 2.24) is 4.90 Å². The number of ether oxygens (including phenoxy) is 1. The second-order valence-corrected chi connectivity index (χ2v) is 7.62. The molecular formula is C23H18Cl2N2O3. The van der Waals surface area contributed by atoms with E-state index in [0.717, 1.165) is 21.4 Å². The smallest absolute Gasteiger partial charge is 0.278 e. The molecule has 1 aliphatic rings. The van der Waals surface area contributed by atoms with Crippen LogP contribution < -0.4 is 5.32 Å². The van der Waals surface area contributed by atoms with Gasteiger partial charge in [0.05, 0.1) is 23.7 Å². The van der Waals surface area contributed by atoms with Crippen LogP contribution >= 0.6 is 23.2 Å². The number of anilines is 1. The van der Waals surface area contributed by atoms with Gasteiger partial charge < -0.3 is 10.1 Å². The quantitative estimate of drug-likeness (QED) is 0.548. The van der Waals surface area contributed by atoms with Gasteiger partial charge in [-0.05, 0) is 23.6 Å². The molecule has 1 aliphatic heterocycles. The molecule has 0 aliphatic carbocycles. The van der Waals surface area contributed by atoms with Crippen molar-refractivity contribution in [2.45, 2.75) is 0 Å². The molecule has 3 aromatic carbocycles. The van der Waals surface area contributed by atoms with Crippen LogP contribution in [0.3, 0.4) is 0 Å². The number of hydrogen-bond acceptors (Lipinski definition) is 4. The fraction of sp³-hybridized carbons (Fsp3) is 0.130. The average molecular weight is 441 g/mol. The Labute approximate surface area is 183 Å². The van der Waals surface area contributed by atoms with Crippen LogP contribution in [0.2, 0.25) is 10.0 Å². The zero-order chi connectivity index (χ0) is 21.3. The van der Waals surface area contributed by atoms with Gasteiger partial charge in [-0.3, -0.25) is 14.5 Å². The topological polar surface area (TPSA) is 58.6 Å². The number of nitrogens with one attached hydrogen (secondary N) is 1. The molecule has 1 N–H and O–H groups in total. The summed E-state index contributed by atoms with van der Waals surface area (Å²) in [5.41, 5.74) is 1.56. The molecule has 0 saturated heterocycles. The van der Waals surface area contributed by atoms with Crippen molar-refractivity contribution < 1.29 is 14.3 Å². The minimum atomic E-state index is -0.427. The summed E-state index contributed by atoms with van der Waals surface area (Å²) in [6.45, 7) is 0.379. The summed E-state index contributed by atoms with van der Waals surface area (Å²) in [6.07, 6.45) is 0. The highest BCUT2D eigenvalue weighted by molar-refractivity contribution is 6.41. The zero-order valence-corrected chi connectivity index (χ0v) is 17.6. The lowest BCUT2D eigenvalue weighted by Crippen LogP contribution is -2.35. The normalized spacial score (nSPS) is 14.2. The molecule has 0 atom stereocenters. The zero-order valence-electron chi connectivity index (χ0n) is 16.1. The monoisotopic (exact) mass is 440 g/mol. The van der Waals surface area contributed by atoms with E-state index in [1.54, 1.807) is 18.2 Å². The molecule has 0 bridgehead atoms. The predicted molar refractivity (Wildman–Crippen MR) is 120 cm³/mol. The maximum Gasteiger partial charge on any atom is 0.278 e.